The van der Waals surface area contributed by atoms with E-state index in [-0.39, 0.29) is 30.0 Å². The van der Waals surface area contributed by atoms with Crippen LogP contribution in [-0.4, -0.2) is 29.5 Å². The number of nitrogens with zero attached hydrogens (tertiary/aromatic N) is 1. The summed E-state index contributed by atoms with van der Waals surface area (Å²) >= 11 is 0. The maximum absolute atomic E-state index is 12.3. The Morgan fingerprint density at radius 3 is 2.81 bits per heavy atom. The van der Waals surface area contributed by atoms with Gasteiger partial charge in [0, 0.05) is 29.8 Å². The summed E-state index contributed by atoms with van der Waals surface area (Å²) in [5.74, 6) is -0.231. The van der Waals surface area contributed by atoms with Crippen molar-refractivity contribution in [2.24, 2.45) is 0 Å². The number of carbonyl (C=O) groups excluding carboxylic acids is 1. The molecule has 1 aliphatic heterocycles. The van der Waals surface area contributed by atoms with Crippen LogP contribution in [0.25, 0.3) is 0 Å². The van der Waals surface area contributed by atoms with Crippen molar-refractivity contribution < 1.29 is 9.72 Å². The number of benzene rings is 1. The van der Waals surface area contributed by atoms with Crippen LogP contribution in [0.15, 0.2) is 18.2 Å². The van der Waals surface area contributed by atoms with E-state index < -0.39 is 4.92 Å². The van der Waals surface area contributed by atoms with Crippen LogP contribution in [0.4, 0.5) is 5.69 Å². The molecule has 1 aromatic rings. The molecule has 1 aliphatic rings. The predicted molar refractivity (Wildman–Crippen MR) is 83.0 cm³/mol. The van der Waals surface area contributed by atoms with Crippen LogP contribution in [0, 0.1) is 17.0 Å². The molecule has 2 N–H and O–H groups in total. The molecule has 1 saturated heterocycles. The van der Waals surface area contributed by atoms with Crippen LogP contribution in [0.1, 0.15) is 35.7 Å². The van der Waals surface area contributed by atoms with Gasteiger partial charge in [-0.1, -0.05) is 6.07 Å². The van der Waals surface area contributed by atoms with E-state index in [2.05, 4.69) is 17.6 Å². The van der Waals surface area contributed by atoms with Crippen molar-refractivity contribution in [3.05, 3.63) is 39.4 Å². The topological polar surface area (TPSA) is 84.3 Å². The van der Waals surface area contributed by atoms with Gasteiger partial charge >= 0.3 is 0 Å². The molecule has 1 aromatic carbocycles. The van der Waals surface area contributed by atoms with Gasteiger partial charge in [0.25, 0.3) is 11.6 Å². The van der Waals surface area contributed by atoms with Gasteiger partial charge in [-0.15, -0.1) is 12.4 Å². The Morgan fingerprint density at radius 2 is 2.19 bits per heavy atom. The van der Waals surface area contributed by atoms with E-state index in [1.54, 1.807) is 13.0 Å². The fraction of sp³-hybridized carbons (Fsp3) is 0.500. The van der Waals surface area contributed by atoms with E-state index in [4.69, 9.17) is 0 Å². The second kappa shape index (κ2) is 7.38. The van der Waals surface area contributed by atoms with E-state index in [1.165, 1.54) is 12.1 Å². The number of carbonyl (C=O) groups is 1. The number of nitro benzene ring substituents is 1. The molecule has 2 atom stereocenters. The van der Waals surface area contributed by atoms with Crippen LogP contribution in [-0.2, 0) is 0 Å². The van der Waals surface area contributed by atoms with Crippen molar-refractivity contribution >= 4 is 24.0 Å². The lowest BCUT2D eigenvalue weighted by Crippen LogP contribution is -2.46. The number of rotatable bonds is 3. The highest BCUT2D eigenvalue weighted by Gasteiger charge is 2.22. The Kier molecular flexibility index (Phi) is 6.11. The van der Waals surface area contributed by atoms with E-state index >= 15 is 0 Å². The van der Waals surface area contributed by atoms with Crippen molar-refractivity contribution in [3.63, 3.8) is 0 Å². The molecule has 0 spiro atoms. The summed E-state index contributed by atoms with van der Waals surface area (Å²) in [6.07, 6.45) is 1.75. The van der Waals surface area contributed by atoms with Crippen molar-refractivity contribution in [1.82, 2.24) is 10.6 Å². The standard InChI is InChI=1S/C14H19N3O3.ClH/c1-9-3-4-12(17(19)20)8-13(9)14(18)16-11-5-6-15-10(2)7-11;/h3-4,8,10-11,15H,5-7H2,1-2H3,(H,16,18);1H. The molecule has 1 amide bonds. The monoisotopic (exact) mass is 313 g/mol. The number of hydrogen-bond donors (Lipinski definition) is 2. The summed E-state index contributed by atoms with van der Waals surface area (Å²) in [7, 11) is 0. The lowest BCUT2D eigenvalue weighted by Gasteiger charge is -2.28. The highest BCUT2D eigenvalue weighted by molar-refractivity contribution is 5.96. The van der Waals surface area contributed by atoms with Crippen LogP contribution in [0.2, 0.25) is 0 Å². The molecule has 2 unspecified atom stereocenters. The van der Waals surface area contributed by atoms with Gasteiger partial charge in [-0.05, 0) is 38.8 Å². The average Bonchev–Trinajstić information content (AvgIpc) is 2.38. The third-order valence-corrected chi connectivity index (χ3v) is 3.64. The Morgan fingerprint density at radius 1 is 1.48 bits per heavy atom. The summed E-state index contributed by atoms with van der Waals surface area (Å²) in [6, 6.07) is 4.86. The van der Waals surface area contributed by atoms with Crippen molar-refractivity contribution in [2.75, 3.05) is 6.54 Å². The lowest BCUT2D eigenvalue weighted by molar-refractivity contribution is -0.384. The number of piperidine rings is 1. The first kappa shape index (κ1) is 17.4. The van der Waals surface area contributed by atoms with E-state index in [9.17, 15) is 14.9 Å². The van der Waals surface area contributed by atoms with Crippen LogP contribution >= 0.6 is 12.4 Å². The van der Waals surface area contributed by atoms with Crippen molar-refractivity contribution in [2.45, 2.75) is 38.8 Å². The van der Waals surface area contributed by atoms with Crippen LogP contribution < -0.4 is 10.6 Å². The molecule has 6 nitrogen and oxygen atoms in total. The molecule has 1 heterocycles. The Labute approximate surface area is 129 Å². The summed E-state index contributed by atoms with van der Waals surface area (Å²) in [5, 5.41) is 17.1. The van der Waals surface area contributed by atoms with Gasteiger partial charge in [0.2, 0.25) is 0 Å². The van der Waals surface area contributed by atoms with Gasteiger partial charge in [-0.2, -0.15) is 0 Å². The quantitative estimate of drug-likeness (QED) is 0.662. The maximum atomic E-state index is 12.3. The Hall–Kier alpha value is -1.66. The molecule has 0 radical (unpaired) electrons. The SMILES string of the molecule is Cc1ccc([N+](=O)[O-])cc1C(=O)NC1CCNC(C)C1.Cl. The zero-order valence-corrected chi connectivity index (χ0v) is 12.9. The number of nitro groups is 1. The zero-order valence-electron chi connectivity index (χ0n) is 12.1. The summed E-state index contributed by atoms with van der Waals surface area (Å²) in [6.45, 7) is 4.74. The normalized spacial score (nSPS) is 21.2. The molecule has 1 fully saturated rings. The molecule has 21 heavy (non-hydrogen) atoms. The van der Waals surface area contributed by atoms with Gasteiger partial charge in [-0.3, -0.25) is 14.9 Å². The fourth-order valence-corrected chi connectivity index (χ4v) is 2.49. The van der Waals surface area contributed by atoms with E-state index in [1.807, 2.05) is 0 Å². The number of hydrogen-bond acceptors (Lipinski definition) is 4. The summed E-state index contributed by atoms with van der Waals surface area (Å²) in [4.78, 5) is 22.6. The van der Waals surface area contributed by atoms with E-state index in [0.717, 1.165) is 24.9 Å². The third kappa shape index (κ3) is 4.41. The molecular weight excluding hydrogens is 294 g/mol. The smallest absolute Gasteiger partial charge is 0.270 e. The Bertz CT molecular complexity index is 536. The average molecular weight is 314 g/mol. The minimum atomic E-state index is -0.483. The molecular formula is C14H20ClN3O3. The van der Waals surface area contributed by atoms with Gasteiger partial charge in [0.15, 0.2) is 0 Å². The molecule has 116 valence electrons. The first-order chi connectivity index (χ1) is 9.47. The first-order valence-electron chi connectivity index (χ1n) is 6.76. The number of non-ortho nitro benzene ring substituents is 1. The summed E-state index contributed by atoms with van der Waals surface area (Å²) in [5.41, 5.74) is 1.07. The fourth-order valence-electron chi connectivity index (χ4n) is 2.49. The molecule has 0 aromatic heterocycles. The van der Waals surface area contributed by atoms with Crippen LogP contribution in [0.3, 0.4) is 0 Å². The second-order valence-electron chi connectivity index (χ2n) is 5.31. The lowest BCUT2D eigenvalue weighted by atomic mass is 9.99. The largest absolute Gasteiger partial charge is 0.349 e. The zero-order chi connectivity index (χ0) is 14.7. The summed E-state index contributed by atoms with van der Waals surface area (Å²) < 4.78 is 0. The molecule has 2 rings (SSSR count). The highest BCUT2D eigenvalue weighted by Crippen LogP contribution is 2.18. The van der Waals surface area contributed by atoms with Gasteiger partial charge < -0.3 is 10.6 Å². The minimum Gasteiger partial charge on any atom is -0.349 e. The van der Waals surface area contributed by atoms with E-state index in [0.29, 0.717) is 11.6 Å². The number of halogens is 1. The molecule has 7 heteroatoms. The van der Waals surface area contributed by atoms with Crippen molar-refractivity contribution in [1.29, 1.82) is 0 Å². The number of aryl methyl sites for hydroxylation is 1. The molecule has 0 bridgehead atoms. The predicted octanol–water partition coefficient (Wildman–Crippen LogP) is 2.20. The van der Waals surface area contributed by atoms with Gasteiger partial charge in [-0.25, -0.2) is 0 Å². The molecule has 0 aliphatic carbocycles. The molecule has 0 saturated carbocycles. The van der Waals surface area contributed by atoms with Gasteiger partial charge in [0.05, 0.1) is 4.92 Å². The van der Waals surface area contributed by atoms with Gasteiger partial charge in [0.1, 0.15) is 0 Å². The number of amides is 1. The number of nitrogens with one attached hydrogen (secondary N) is 2. The first-order valence-corrected chi connectivity index (χ1v) is 6.76. The van der Waals surface area contributed by atoms with Crippen LogP contribution in [0.5, 0.6) is 0 Å². The minimum absolute atomic E-state index is 0. The van der Waals surface area contributed by atoms with Crippen molar-refractivity contribution in [3.8, 4) is 0 Å². The Balaban J connectivity index is 0.00000220. The highest BCUT2D eigenvalue weighted by atomic mass is 35.5. The third-order valence-electron chi connectivity index (χ3n) is 3.64. The maximum Gasteiger partial charge on any atom is 0.270 e. The second-order valence-corrected chi connectivity index (χ2v) is 5.31.